The molecule has 0 aliphatic rings. The van der Waals surface area contributed by atoms with E-state index in [4.69, 9.17) is 0 Å². The van der Waals surface area contributed by atoms with Gasteiger partial charge in [-0.05, 0) is 19.1 Å². The number of thiophene rings is 1. The van der Waals surface area contributed by atoms with Gasteiger partial charge < -0.3 is 0 Å². The van der Waals surface area contributed by atoms with Crippen LogP contribution >= 0.6 is 22.7 Å². The van der Waals surface area contributed by atoms with Crippen molar-refractivity contribution in [3.63, 3.8) is 0 Å². The van der Waals surface area contributed by atoms with E-state index >= 15 is 0 Å². The van der Waals surface area contributed by atoms with Gasteiger partial charge in [-0.25, -0.2) is 9.97 Å². The third kappa shape index (κ3) is 2.73. The normalized spacial score (nSPS) is 10.4. The Hall–Kier alpha value is -2.12. The maximum atomic E-state index is 11.9. The highest BCUT2D eigenvalue weighted by molar-refractivity contribution is 7.17. The Kier molecular flexibility index (Phi) is 3.53. The summed E-state index contributed by atoms with van der Waals surface area (Å²) in [5.74, 6) is -0.304. The third-order valence-corrected chi connectivity index (χ3v) is 4.29. The number of carbonyl (C=O) groups excluding carboxylic acids is 1. The van der Waals surface area contributed by atoms with Crippen LogP contribution in [0.5, 0.6) is 0 Å². The number of aromatic nitrogens is 3. The van der Waals surface area contributed by atoms with E-state index in [1.807, 2.05) is 11.4 Å². The highest BCUT2D eigenvalue weighted by Crippen LogP contribution is 2.30. The molecular formula is C13H10N4OS2. The van der Waals surface area contributed by atoms with Crippen molar-refractivity contribution in [1.82, 2.24) is 15.0 Å². The van der Waals surface area contributed by atoms with Gasteiger partial charge in [-0.3, -0.25) is 15.1 Å². The lowest BCUT2D eigenvalue weighted by atomic mass is 10.4. The molecule has 0 spiro atoms. The summed E-state index contributed by atoms with van der Waals surface area (Å²) in [6.07, 6.45) is 4.43. The minimum absolute atomic E-state index is 0.274. The molecule has 3 heterocycles. The standard InChI is InChI=1S/C13H10N4OS2/c1-8-2-3-11(20-8)10-7-19-13(16-10)17-12(18)9-6-14-4-5-15-9/h2-7H,1H3,(H,16,17,18). The van der Waals surface area contributed by atoms with E-state index in [-0.39, 0.29) is 11.6 Å². The Morgan fingerprint density at radius 3 is 2.90 bits per heavy atom. The predicted octanol–water partition coefficient (Wildman–Crippen LogP) is 3.22. The van der Waals surface area contributed by atoms with Crippen LogP contribution < -0.4 is 5.32 Å². The summed E-state index contributed by atoms with van der Waals surface area (Å²) in [4.78, 5) is 26.5. The molecule has 3 aromatic rings. The number of carbonyl (C=O) groups is 1. The van der Waals surface area contributed by atoms with Crippen molar-refractivity contribution in [3.05, 3.63) is 46.7 Å². The van der Waals surface area contributed by atoms with Gasteiger partial charge in [-0.1, -0.05) is 0 Å². The molecule has 3 aromatic heterocycles. The summed E-state index contributed by atoms with van der Waals surface area (Å²) in [5.41, 5.74) is 1.15. The largest absolute Gasteiger partial charge is 0.296 e. The summed E-state index contributed by atoms with van der Waals surface area (Å²) in [7, 11) is 0. The zero-order valence-corrected chi connectivity index (χ0v) is 12.2. The van der Waals surface area contributed by atoms with Gasteiger partial charge >= 0.3 is 0 Å². The molecular weight excluding hydrogens is 292 g/mol. The zero-order chi connectivity index (χ0) is 13.9. The summed E-state index contributed by atoms with van der Waals surface area (Å²) in [6.45, 7) is 2.05. The number of hydrogen-bond donors (Lipinski definition) is 1. The first-order valence-electron chi connectivity index (χ1n) is 5.82. The smallest absolute Gasteiger partial charge is 0.277 e. The lowest BCUT2D eigenvalue weighted by molar-refractivity contribution is 0.102. The third-order valence-electron chi connectivity index (χ3n) is 2.51. The Labute approximate surface area is 123 Å². The highest BCUT2D eigenvalue weighted by Gasteiger charge is 2.11. The van der Waals surface area contributed by atoms with E-state index in [9.17, 15) is 4.79 Å². The van der Waals surface area contributed by atoms with Crippen molar-refractivity contribution >= 4 is 33.7 Å². The summed E-state index contributed by atoms with van der Waals surface area (Å²) >= 11 is 3.07. The first-order valence-corrected chi connectivity index (χ1v) is 7.52. The topological polar surface area (TPSA) is 67.8 Å². The molecule has 0 unspecified atom stereocenters. The van der Waals surface area contributed by atoms with E-state index in [2.05, 4.69) is 33.3 Å². The summed E-state index contributed by atoms with van der Waals surface area (Å²) in [6, 6.07) is 4.08. The molecule has 0 aliphatic carbocycles. The van der Waals surface area contributed by atoms with Crippen LogP contribution in [0.3, 0.4) is 0 Å². The first kappa shape index (κ1) is 12.9. The van der Waals surface area contributed by atoms with Gasteiger partial charge in [0.25, 0.3) is 5.91 Å². The second-order valence-corrected chi connectivity index (χ2v) is 6.14. The lowest BCUT2D eigenvalue weighted by Gasteiger charge is -1.99. The highest BCUT2D eigenvalue weighted by atomic mass is 32.1. The predicted molar refractivity (Wildman–Crippen MR) is 80.1 cm³/mol. The molecule has 0 radical (unpaired) electrons. The average molecular weight is 302 g/mol. The molecule has 0 fully saturated rings. The minimum Gasteiger partial charge on any atom is -0.296 e. The van der Waals surface area contributed by atoms with Gasteiger partial charge in [0, 0.05) is 22.7 Å². The molecule has 0 aliphatic heterocycles. The number of aryl methyl sites for hydroxylation is 1. The number of nitrogens with one attached hydrogen (secondary N) is 1. The molecule has 7 heteroatoms. The van der Waals surface area contributed by atoms with Crippen LogP contribution in [0.1, 0.15) is 15.4 Å². The van der Waals surface area contributed by atoms with Crippen molar-refractivity contribution in [1.29, 1.82) is 0 Å². The van der Waals surface area contributed by atoms with E-state index < -0.39 is 0 Å². The van der Waals surface area contributed by atoms with Crippen LogP contribution in [0.25, 0.3) is 10.6 Å². The molecule has 1 amide bonds. The molecule has 0 atom stereocenters. The van der Waals surface area contributed by atoms with Crippen LogP contribution in [-0.4, -0.2) is 20.9 Å². The molecule has 0 saturated carbocycles. The van der Waals surface area contributed by atoms with Crippen LogP contribution in [-0.2, 0) is 0 Å². The van der Waals surface area contributed by atoms with E-state index in [1.54, 1.807) is 11.3 Å². The second-order valence-electron chi connectivity index (χ2n) is 3.99. The van der Waals surface area contributed by atoms with Crippen molar-refractivity contribution in [3.8, 4) is 10.6 Å². The van der Waals surface area contributed by atoms with E-state index in [0.717, 1.165) is 10.6 Å². The van der Waals surface area contributed by atoms with Gasteiger partial charge in [0.15, 0.2) is 5.13 Å². The van der Waals surface area contributed by atoms with E-state index in [0.29, 0.717) is 5.13 Å². The fraction of sp³-hybridized carbons (Fsp3) is 0.0769. The molecule has 3 rings (SSSR count). The Bertz CT molecular complexity index is 736. The van der Waals surface area contributed by atoms with Crippen molar-refractivity contribution in [2.24, 2.45) is 0 Å². The Morgan fingerprint density at radius 1 is 1.30 bits per heavy atom. The van der Waals surface area contributed by atoms with Gasteiger partial charge in [-0.2, -0.15) is 0 Å². The average Bonchev–Trinajstić information content (AvgIpc) is 3.09. The molecule has 0 aromatic carbocycles. The van der Waals surface area contributed by atoms with Crippen molar-refractivity contribution in [2.75, 3.05) is 5.32 Å². The number of thiazole rings is 1. The van der Waals surface area contributed by atoms with Gasteiger partial charge in [0.05, 0.1) is 16.8 Å². The molecule has 0 saturated heterocycles. The van der Waals surface area contributed by atoms with Gasteiger partial charge in [-0.15, -0.1) is 22.7 Å². The Balaban J connectivity index is 1.76. The summed E-state index contributed by atoms with van der Waals surface area (Å²) < 4.78 is 0. The minimum atomic E-state index is -0.304. The van der Waals surface area contributed by atoms with E-state index in [1.165, 1.54) is 34.8 Å². The summed E-state index contributed by atoms with van der Waals surface area (Å²) in [5, 5.41) is 5.21. The second kappa shape index (κ2) is 5.48. The van der Waals surface area contributed by atoms with Crippen molar-refractivity contribution in [2.45, 2.75) is 6.92 Å². The number of anilines is 1. The van der Waals surface area contributed by atoms with Crippen molar-refractivity contribution < 1.29 is 4.79 Å². The SMILES string of the molecule is Cc1ccc(-c2csc(NC(=O)c3cnccn3)n2)s1. The maximum absolute atomic E-state index is 11.9. The van der Waals surface area contributed by atoms with Crippen LogP contribution in [0, 0.1) is 6.92 Å². The van der Waals surface area contributed by atoms with Crippen LogP contribution in [0.15, 0.2) is 36.1 Å². The van der Waals surface area contributed by atoms with Crippen LogP contribution in [0.4, 0.5) is 5.13 Å². The fourth-order valence-corrected chi connectivity index (χ4v) is 3.20. The molecule has 20 heavy (non-hydrogen) atoms. The van der Waals surface area contributed by atoms with Crippen LogP contribution in [0.2, 0.25) is 0 Å². The number of hydrogen-bond acceptors (Lipinski definition) is 6. The molecule has 1 N–H and O–H groups in total. The first-order chi connectivity index (χ1) is 9.72. The monoisotopic (exact) mass is 302 g/mol. The molecule has 5 nitrogen and oxygen atoms in total. The molecule has 100 valence electrons. The maximum Gasteiger partial charge on any atom is 0.277 e. The zero-order valence-electron chi connectivity index (χ0n) is 10.5. The molecule has 0 bridgehead atoms. The van der Waals surface area contributed by atoms with Gasteiger partial charge in [0.2, 0.25) is 0 Å². The number of amides is 1. The van der Waals surface area contributed by atoms with Gasteiger partial charge in [0.1, 0.15) is 5.69 Å². The lowest BCUT2D eigenvalue weighted by Crippen LogP contribution is -2.13. The Morgan fingerprint density at radius 2 is 2.20 bits per heavy atom. The number of rotatable bonds is 3. The quantitative estimate of drug-likeness (QED) is 0.806. The fourth-order valence-electron chi connectivity index (χ4n) is 1.59. The number of nitrogens with zero attached hydrogens (tertiary/aromatic N) is 3.